The van der Waals surface area contributed by atoms with Gasteiger partial charge in [-0.1, -0.05) is 12.1 Å². The second-order valence-electron chi connectivity index (χ2n) is 4.14. The first-order valence-electron chi connectivity index (χ1n) is 6.07. The summed E-state index contributed by atoms with van der Waals surface area (Å²) in [5.41, 5.74) is 0.950. The zero-order valence-electron chi connectivity index (χ0n) is 10.9. The van der Waals surface area contributed by atoms with Gasteiger partial charge in [-0.05, 0) is 59.0 Å². The summed E-state index contributed by atoms with van der Waals surface area (Å²) in [6.07, 6.45) is 0. The Hall–Kier alpha value is -2.09. The van der Waals surface area contributed by atoms with Crippen molar-refractivity contribution < 1.29 is 19.4 Å². The maximum atomic E-state index is 12.1. The summed E-state index contributed by atoms with van der Waals surface area (Å²) in [6, 6.07) is 13.8. The number of ether oxygens (including phenoxy) is 1. The number of rotatable bonds is 5. The zero-order valence-corrected chi connectivity index (χ0v) is 13.0. The number of nitrogens with one attached hydrogen (secondary N) is 1. The minimum absolute atomic E-state index is 0.280. The predicted octanol–water partition coefficient (Wildman–Crippen LogP) is 3.01. The van der Waals surface area contributed by atoms with E-state index in [1.54, 1.807) is 36.4 Å². The lowest BCUT2D eigenvalue weighted by molar-refractivity contribution is -0.139. The third-order valence-electron chi connectivity index (χ3n) is 2.59. The average molecular weight is 397 g/mol. The molecule has 108 valence electrons. The van der Waals surface area contributed by atoms with Crippen molar-refractivity contribution in [2.24, 2.45) is 0 Å². The number of carboxylic acid groups (broad SMARTS) is 1. The number of benzene rings is 2. The molecule has 1 amide bonds. The van der Waals surface area contributed by atoms with E-state index in [9.17, 15) is 9.59 Å². The van der Waals surface area contributed by atoms with Crippen LogP contribution in [0.1, 0.15) is 10.4 Å². The second kappa shape index (κ2) is 7.07. The fraction of sp³-hybridized carbons (Fsp3) is 0.0667. The summed E-state index contributed by atoms with van der Waals surface area (Å²) in [6.45, 7) is -0.462. The van der Waals surface area contributed by atoms with Crippen molar-refractivity contribution in [3.05, 3.63) is 57.7 Å². The van der Waals surface area contributed by atoms with Crippen LogP contribution in [0.15, 0.2) is 48.5 Å². The van der Waals surface area contributed by atoms with Gasteiger partial charge in [-0.15, -0.1) is 0 Å². The van der Waals surface area contributed by atoms with Crippen molar-refractivity contribution in [1.82, 2.24) is 0 Å². The molecule has 2 rings (SSSR count). The van der Waals surface area contributed by atoms with E-state index in [2.05, 4.69) is 27.9 Å². The molecule has 0 saturated heterocycles. The Morgan fingerprint density at radius 1 is 1.10 bits per heavy atom. The third kappa shape index (κ3) is 4.45. The summed E-state index contributed by atoms with van der Waals surface area (Å²) in [7, 11) is 0. The molecule has 2 N–H and O–H groups in total. The normalized spacial score (nSPS) is 9.95. The fourth-order valence-electron chi connectivity index (χ4n) is 1.63. The predicted molar refractivity (Wildman–Crippen MR) is 86.7 cm³/mol. The molecule has 0 heterocycles. The molecule has 0 fully saturated rings. The maximum Gasteiger partial charge on any atom is 0.341 e. The minimum Gasteiger partial charge on any atom is -0.480 e. The Kier molecular flexibility index (Phi) is 5.15. The number of carbonyl (C=O) groups is 2. The second-order valence-corrected chi connectivity index (χ2v) is 5.39. The molecule has 2 aromatic carbocycles. The van der Waals surface area contributed by atoms with Crippen LogP contribution in [0.25, 0.3) is 0 Å². The van der Waals surface area contributed by atoms with Gasteiger partial charge in [-0.25, -0.2) is 4.79 Å². The van der Waals surface area contributed by atoms with Gasteiger partial charge in [0.05, 0.1) is 5.69 Å². The zero-order chi connectivity index (χ0) is 15.2. The van der Waals surface area contributed by atoms with Crippen LogP contribution >= 0.6 is 22.6 Å². The highest BCUT2D eigenvalue weighted by atomic mass is 127. The lowest BCUT2D eigenvalue weighted by Gasteiger charge is -2.11. The summed E-state index contributed by atoms with van der Waals surface area (Å²) in [5.74, 6) is -1.04. The molecule has 0 bridgehead atoms. The molecule has 0 radical (unpaired) electrons. The molecule has 21 heavy (non-hydrogen) atoms. The molecule has 0 aliphatic carbocycles. The van der Waals surface area contributed by atoms with Crippen LogP contribution in [-0.4, -0.2) is 23.6 Å². The Bertz CT molecular complexity index is 655. The first kappa shape index (κ1) is 15.3. The summed E-state index contributed by atoms with van der Waals surface area (Å²) in [4.78, 5) is 22.7. The van der Waals surface area contributed by atoms with E-state index < -0.39 is 12.6 Å². The largest absolute Gasteiger partial charge is 0.480 e. The third-order valence-corrected chi connectivity index (χ3v) is 3.31. The molecule has 0 unspecified atom stereocenters. The van der Waals surface area contributed by atoms with Crippen molar-refractivity contribution in [3.63, 3.8) is 0 Å². The Balaban J connectivity index is 2.13. The first-order chi connectivity index (χ1) is 10.1. The van der Waals surface area contributed by atoms with Crippen LogP contribution in [0.3, 0.4) is 0 Å². The van der Waals surface area contributed by atoms with Crippen LogP contribution in [0.5, 0.6) is 5.75 Å². The lowest BCUT2D eigenvalue weighted by Crippen LogP contribution is -2.14. The highest BCUT2D eigenvalue weighted by Gasteiger charge is 2.10. The molecule has 6 heteroatoms. The SMILES string of the molecule is O=C(O)COc1ccccc1NC(=O)c1ccc(I)cc1. The summed E-state index contributed by atoms with van der Waals surface area (Å²) < 4.78 is 6.18. The molecule has 0 saturated carbocycles. The van der Waals surface area contributed by atoms with Crippen LogP contribution < -0.4 is 10.1 Å². The molecule has 0 aromatic heterocycles. The number of anilines is 1. The highest BCUT2D eigenvalue weighted by Crippen LogP contribution is 2.24. The van der Waals surface area contributed by atoms with E-state index >= 15 is 0 Å². The topological polar surface area (TPSA) is 75.6 Å². The van der Waals surface area contributed by atoms with Crippen LogP contribution in [-0.2, 0) is 4.79 Å². The number of para-hydroxylation sites is 2. The standard InChI is InChI=1S/C15H12INO4/c16-11-7-5-10(6-8-11)15(20)17-12-3-1-2-4-13(12)21-9-14(18)19/h1-8H,9H2,(H,17,20)(H,18,19). The number of hydrogen-bond donors (Lipinski definition) is 2. The van der Waals surface area contributed by atoms with E-state index in [4.69, 9.17) is 9.84 Å². The molecular formula is C15H12INO4. The Labute approximate surface area is 135 Å². The highest BCUT2D eigenvalue weighted by molar-refractivity contribution is 14.1. The maximum absolute atomic E-state index is 12.1. The molecule has 0 atom stereocenters. The minimum atomic E-state index is -1.08. The number of hydrogen-bond acceptors (Lipinski definition) is 3. The van der Waals surface area contributed by atoms with Gasteiger partial charge in [0.15, 0.2) is 6.61 Å². The van der Waals surface area contributed by atoms with Gasteiger partial charge in [0, 0.05) is 9.13 Å². The van der Waals surface area contributed by atoms with E-state index in [1.807, 2.05) is 12.1 Å². The van der Waals surface area contributed by atoms with Crippen LogP contribution in [0.4, 0.5) is 5.69 Å². The Morgan fingerprint density at radius 2 is 1.76 bits per heavy atom. The number of aliphatic carboxylic acids is 1. The summed E-state index contributed by atoms with van der Waals surface area (Å²) in [5, 5.41) is 11.3. The summed E-state index contributed by atoms with van der Waals surface area (Å²) >= 11 is 2.16. The van der Waals surface area contributed by atoms with Crippen molar-refractivity contribution in [2.45, 2.75) is 0 Å². The quantitative estimate of drug-likeness (QED) is 0.761. The van der Waals surface area contributed by atoms with Gasteiger partial charge < -0.3 is 15.2 Å². The van der Waals surface area contributed by atoms with Crippen molar-refractivity contribution >= 4 is 40.2 Å². The van der Waals surface area contributed by atoms with Crippen LogP contribution in [0, 0.1) is 3.57 Å². The van der Waals surface area contributed by atoms with Crippen molar-refractivity contribution in [3.8, 4) is 5.75 Å². The number of amides is 1. The first-order valence-corrected chi connectivity index (χ1v) is 7.14. The molecule has 0 aliphatic rings. The molecule has 5 nitrogen and oxygen atoms in total. The smallest absolute Gasteiger partial charge is 0.341 e. The molecule has 0 aliphatic heterocycles. The van der Waals surface area contributed by atoms with Crippen molar-refractivity contribution in [2.75, 3.05) is 11.9 Å². The van der Waals surface area contributed by atoms with Gasteiger partial charge in [0.25, 0.3) is 5.91 Å². The lowest BCUT2D eigenvalue weighted by atomic mass is 10.2. The van der Waals surface area contributed by atoms with E-state index in [0.29, 0.717) is 17.0 Å². The van der Waals surface area contributed by atoms with Gasteiger partial charge >= 0.3 is 5.97 Å². The number of carbonyl (C=O) groups excluding carboxylic acids is 1. The van der Waals surface area contributed by atoms with Crippen LogP contribution in [0.2, 0.25) is 0 Å². The van der Waals surface area contributed by atoms with E-state index in [-0.39, 0.29) is 5.91 Å². The van der Waals surface area contributed by atoms with Gasteiger partial charge in [-0.2, -0.15) is 0 Å². The monoisotopic (exact) mass is 397 g/mol. The number of halogens is 1. The molecule has 2 aromatic rings. The Morgan fingerprint density at radius 3 is 2.43 bits per heavy atom. The van der Waals surface area contributed by atoms with Gasteiger partial charge in [0.1, 0.15) is 5.75 Å². The van der Waals surface area contributed by atoms with Gasteiger partial charge in [-0.3, -0.25) is 4.79 Å². The van der Waals surface area contributed by atoms with E-state index in [1.165, 1.54) is 0 Å². The average Bonchev–Trinajstić information content (AvgIpc) is 2.47. The number of carboxylic acids is 1. The molecular weight excluding hydrogens is 385 g/mol. The van der Waals surface area contributed by atoms with Gasteiger partial charge in [0.2, 0.25) is 0 Å². The molecule has 0 spiro atoms. The van der Waals surface area contributed by atoms with Crippen molar-refractivity contribution in [1.29, 1.82) is 0 Å². The fourth-order valence-corrected chi connectivity index (χ4v) is 1.99. The van der Waals surface area contributed by atoms with E-state index in [0.717, 1.165) is 3.57 Å².